The Labute approximate surface area is 209 Å². The number of carbonyl (C=O) groups is 1. The summed E-state index contributed by atoms with van der Waals surface area (Å²) in [5, 5.41) is 0. The van der Waals surface area contributed by atoms with Gasteiger partial charge in [-0.05, 0) is 72.7 Å². The summed E-state index contributed by atoms with van der Waals surface area (Å²) in [4.78, 5) is 12.6. The van der Waals surface area contributed by atoms with Crippen LogP contribution in [0.5, 0.6) is 5.75 Å². The fraction of sp³-hybridized carbons (Fsp3) is 0.345. The number of rotatable bonds is 7. The third-order valence-corrected chi connectivity index (χ3v) is 6.70. The van der Waals surface area contributed by atoms with Gasteiger partial charge in [-0.1, -0.05) is 43.3 Å². The zero-order chi connectivity index (χ0) is 25.9. The molecule has 0 saturated carbocycles. The topological polar surface area (TPSA) is 61.5 Å². The molecule has 7 heteroatoms. The molecule has 36 heavy (non-hydrogen) atoms. The zero-order valence-corrected chi connectivity index (χ0v) is 20.4. The average Bonchev–Trinajstić information content (AvgIpc) is 3.34. The van der Waals surface area contributed by atoms with E-state index in [0.717, 1.165) is 34.8 Å². The number of nitrogens with two attached hydrogens (primary N) is 1. The summed E-state index contributed by atoms with van der Waals surface area (Å²) in [5.74, 6) is -0.251. The monoisotopic (exact) mass is 497 g/mol. The van der Waals surface area contributed by atoms with Crippen LogP contribution < -0.4 is 10.5 Å². The smallest absolute Gasteiger partial charge is 0.416 e. The molecule has 2 aromatic carbocycles. The fourth-order valence-electron chi connectivity index (χ4n) is 4.72. The van der Waals surface area contributed by atoms with Crippen LogP contribution in [0, 0.1) is 5.92 Å². The van der Waals surface area contributed by atoms with Crippen molar-refractivity contribution in [1.82, 2.24) is 0 Å². The number of allylic oxidation sites excluding steroid dienone is 4. The van der Waals surface area contributed by atoms with Gasteiger partial charge >= 0.3 is 12.1 Å². The highest BCUT2D eigenvalue weighted by Crippen LogP contribution is 2.45. The Balaban J connectivity index is 1.78. The van der Waals surface area contributed by atoms with Crippen LogP contribution >= 0.6 is 0 Å². The lowest BCUT2D eigenvalue weighted by Crippen LogP contribution is -2.33. The molecule has 0 bridgehead atoms. The van der Waals surface area contributed by atoms with Crippen molar-refractivity contribution in [2.24, 2.45) is 11.7 Å². The first-order chi connectivity index (χ1) is 17.2. The van der Waals surface area contributed by atoms with Crippen LogP contribution in [-0.4, -0.2) is 18.6 Å². The number of alkyl halides is 3. The first-order valence-electron chi connectivity index (χ1n) is 12.2. The molecule has 4 rings (SSSR count). The second-order valence-corrected chi connectivity index (χ2v) is 9.10. The third-order valence-electron chi connectivity index (χ3n) is 6.70. The van der Waals surface area contributed by atoms with Crippen molar-refractivity contribution >= 4 is 11.5 Å². The third kappa shape index (κ3) is 5.57. The maximum absolute atomic E-state index is 13.7. The highest BCUT2D eigenvalue weighted by molar-refractivity contribution is 5.91. The molecular weight excluding hydrogens is 467 g/mol. The maximum Gasteiger partial charge on any atom is 0.416 e. The average molecular weight is 498 g/mol. The standard InChI is InChI=1S/C29H30F3NO3/c1-3-35-28(34)24-14-20(15-26(33)18(24)2)22-10-7-11-23(22)25-16-21(29(30,31)32)12-13-27(25)36-17-19-8-5-4-6-9-19/h4-6,8-9,12-16,18,26H,3,7,10-11,17,33H2,1-2H3. The van der Waals surface area contributed by atoms with Gasteiger partial charge in [-0.25, -0.2) is 4.79 Å². The Bertz CT molecular complexity index is 1210. The Hall–Kier alpha value is -3.32. The lowest BCUT2D eigenvalue weighted by Gasteiger charge is -2.26. The zero-order valence-electron chi connectivity index (χ0n) is 20.4. The molecule has 0 spiro atoms. The van der Waals surface area contributed by atoms with Gasteiger partial charge in [-0.15, -0.1) is 0 Å². The molecule has 2 aliphatic rings. The molecule has 0 heterocycles. The minimum atomic E-state index is -4.48. The number of hydrogen-bond donors (Lipinski definition) is 1. The number of halogens is 3. The van der Waals surface area contributed by atoms with E-state index in [4.69, 9.17) is 15.2 Å². The van der Waals surface area contributed by atoms with Crippen molar-refractivity contribution in [2.75, 3.05) is 6.61 Å². The maximum atomic E-state index is 13.7. The quantitative estimate of drug-likeness (QED) is 0.437. The van der Waals surface area contributed by atoms with Gasteiger partial charge in [-0.3, -0.25) is 0 Å². The number of hydrogen-bond acceptors (Lipinski definition) is 4. The van der Waals surface area contributed by atoms with E-state index in [1.165, 1.54) is 12.1 Å². The lowest BCUT2D eigenvalue weighted by molar-refractivity contribution is -0.139. The van der Waals surface area contributed by atoms with Crippen LogP contribution in [0.25, 0.3) is 5.57 Å². The van der Waals surface area contributed by atoms with Gasteiger partial charge in [0.1, 0.15) is 12.4 Å². The van der Waals surface area contributed by atoms with Crippen LogP contribution in [0.3, 0.4) is 0 Å². The van der Waals surface area contributed by atoms with E-state index in [1.807, 2.05) is 43.3 Å². The van der Waals surface area contributed by atoms with Crippen molar-refractivity contribution in [3.05, 3.63) is 94.1 Å². The van der Waals surface area contributed by atoms with Crippen molar-refractivity contribution in [1.29, 1.82) is 0 Å². The molecule has 2 atom stereocenters. The molecule has 2 N–H and O–H groups in total. The van der Waals surface area contributed by atoms with E-state index in [2.05, 4.69) is 0 Å². The van der Waals surface area contributed by atoms with Crippen LogP contribution in [0.2, 0.25) is 0 Å². The predicted molar refractivity (Wildman–Crippen MR) is 133 cm³/mol. The van der Waals surface area contributed by atoms with Gasteiger partial charge in [0.15, 0.2) is 0 Å². The summed E-state index contributed by atoms with van der Waals surface area (Å²) in [7, 11) is 0. The van der Waals surface area contributed by atoms with Crippen molar-refractivity contribution in [2.45, 2.75) is 51.9 Å². The summed E-state index contributed by atoms with van der Waals surface area (Å²) in [6.07, 6.45) is 1.25. The molecule has 0 saturated heterocycles. The van der Waals surface area contributed by atoms with Gasteiger partial charge in [-0.2, -0.15) is 13.2 Å². The Morgan fingerprint density at radius 3 is 2.50 bits per heavy atom. The summed E-state index contributed by atoms with van der Waals surface area (Å²) >= 11 is 0. The molecule has 0 amide bonds. The summed E-state index contributed by atoms with van der Waals surface area (Å²) in [6, 6.07) is 12.7. The molecule has 4 nitrogen and oxygen atoms in total. The van der Waals surface area contributed by atoms with Gasteiger partial charge < -0.3 is 15.2 Å². The minimum Gasteiger partial charge on any atom is -0.488 e. The highest BCUT2D eigenvalue weighted by Gasteiger charge is 2.33. The van der Waals surface area contributed by atoms with Crippen LogP contribution in [0.1, 0.15) is 49.8 Å². The molecule has 0 radical (unpaired) electrons. The van der Waals surface area contributed by atoms with E-state index < -0.39 is 23.8 Å². The van der Waals surface area contributed by atoms with Crippen LogP contribution in [-0.2, 0) is 22.3 Å². The van der Waals surface area contributed by atoms with Crippen LogP contribution in [0.15, 0.2) is 77.4 Å². The van der Waals surface area contributed by atoms with Crippen LogP contribution in [0.4, 0.5) is 13.2 Å². The normalized spacial score (nSPS) is 20.2. The molecule has 2 aromatic rings. The lowest BCUT2D eigenvalue weighted by atomic mass is 9.82. The summed E-state index contributed by atoms with van der Waals surface area (Å²) in [5.41, 5.74) is 9.88. The largest absolute Gasteiger partial charge is 0.488 e. The number of esters is 1. The molecule has 2 aliphatic carbocycles. The Morgan fingerprint density at radius 1 is 1.08 bits per heavy atom. The van der Waals surface area contributed by atoms with E-state index >= 15 is 0 Å². The van der Waals surface area contributed by atoms with E-state index in [9.17, 15) is 18.0 Å². The summed E-state index contributed by atoms with van der Waals surface area (Å²) < 4.78 is 52.2. The number of carbonyl (C=O) groups excluding carboxylic acids is 1. The SMILES string of the molecule is CCOC(=O)C1=CC(C2=C(c3cc(C(F)(F)F)ccc3OCc3ccccc3)CCC2)=CC(N)C1C. The van der Waals surface area contributed by atoms with E-state index in [0.29, 0.717) is 29.7 Å². The first kappa shape index (κ1) is 25.8. The molecule has 0 fully saturated rings. The molecule has 190 valence electrons. The highest BCUT2D eigenvalue weighted by atomic mass is 19.4. The molecule has 0 aromatic heterocycles. The summed E-state index contributed by atoms with van der Waals surface area (Å²) in [6.45, 7) is 4.09. The molecule has 2 unspecified atom stereocenters. The van der Waals surface area contributed by atoms with E-state index in [1.54, 1.807) is 13.0 Å². The minimum absolute atomic E-state index is 0.225. The van der Waals surface area contributed by atoms with Gasteiger partial charge in [0.05, 0.1) is 12.2 Å². The second kappa shape index (κ2) is 10.7. The van der Waals surface area contributed by atoms with Gasteiger partial charge in [0.2, 0.25) is 0 Å². The molecular formula is C29H30F3NO3. The Kier molecular flexibility index (Phi) is 7.69. The fourth-order valence-corrected chi connectivity index (χ4v) is 4.72. The Morgan fingerprint density at radius 2 is 1.81 bits per heavy atom. The van der Waals surface area contributed by atoms with Crippen molar-refractivity contribution < 1.29 is 27.4 Å². The van der Waals surface area contributed by atoms with Gasteiger partial charge in [0, 0.05) is 23.1 Å². The number of ether oxygens (including phenoxy) is 2. The van der Waals surface area contributed by atoms with Crippen molar-refractivity contribution in [3.8, 4) is 5.75 Å². The first-order valence-corrected chi connectivity index (χ1v) is 12.2. The number of benzene rings is 2. The van der Waals surface area contributed by atoms with Crippen molar-refractivity contribution in [3.63, 3.8) is 0 Å². The van der Waals surface area contributed by atoms with Gasteiger partial charge in [0.25, 0.3) is 0 Å². The molecule has 0 aliphatic heterocycles. The predicted octanol–water partition coefficient (Wildman–Crippen LogP) is 6.61. The van der Waals surface area contributed by atoms with E-state index in [-0.39, 0.29) is 19.1 Å². The second-order valence-electron chi connectivity index (χ2n) is 9.10.